The van der Waals surface area contributed by atoms with E-state index < -0.39 is 15.8 Å². The van der Waals surface area contributed by atoms with E-state index in [1.807, 2.05) is 0 Å². The number of nitrogens with one attached hydrogen (secondary N) is 1. The summed E-state index contributed by atoms with van der Waals surface area (Å²) < 4.78 is 45.8. The lowest BCUT2D eigenvalue weighted by molar-refractivity contribution is 0.386. The molecule has 106 valence electrons. The summed E-state index contributed by atoms with van der Waals surface area (Å²) in [5.41, 5.74) is 0.141. The molecule has 0 aliphatic heterocycles. The second-order valence-corrected chi connectivity index (χ2v) is 6.84. The van der Waals surface area contributed by atoms with E-state index in [0.717, 1.165) is 9.64 Å². The van der Waals surface area contributed by atoms with Crippen LogP contribution < -0.4 is 9.46 Å². The summed E-state index contributed by atoms with van der Waals surface area (Å²) in [4.78, 5) is 0.120. The zero-order valence-electron chi connectivity index (χ0n) is 10.4. The van der Waals surface area contributed by atoms with Gasteiger partial charge >= 0.3 is 0 Å². The van der Waals surface area contributed by atoms with E-state index in [1.165, 1.54) is 31.4 Å². The summed E-state index contributed by atoms with van der Waals surface area (Å²) in [5.74, 6) is -0.572. The maximum Gasteiger partial charge on any atom is 0.261 e. The summed E-state index contributed by atoms with van der Waals surface area (Å²) in [5, 5.41) is 0. The van der Waals surface area contributed by atoms with Crippen molar-refractivity contribution in [3.05, 3.63) is 51.9 Å². The monoisotopic (exact) mass is 407 g/mol. The predicted molar refractivity (Wildman–Crippen MR) is 82.9 cm³/mol. The van der Waals surface area contributed by atoms with Gasteiger partial charge in [-0.3, -0.25) is 4.72 Å². The van der Waals surface area contributed by atoms with Crippen LogP contribution >= 0.6 is 22.6 Å². The van der Waals surface area contributed by atoms with Gasteiger partial charge in [-0.15, -0.1) is 0 Å². The van der Waals surface area contributed by atoms with Crippen LogP contribution in [0.1, 0.15) is 0 Å². The van der Waals surface area contributed by atoms with E-state index in [0.29, 0.717) is 0 Å². The van der Waals surface area contributed by atoms with Gasteiger partial charge in [0.1, 0.15) is 0 Å². The van der Waals surface area contributed by atoms with Crippen LogP contribution in [0.15, 0.2) is 47.4 Å². The molecule has 0 radical (unpaired) electrons. The Morgan fingerprint density at radius 1 is 1.15 bits per heavy atom. The molecule has 20 heavy (non-hydrogen) atoms. The number of halogens is 2. The highest BCUT2D eigenvalue weighted by atomic mass is 127. The third kappa shape index (κ3) is 3.40. The number of rotatable bonds is 4. The zero-order chi connectivity index (χ0) is 14.8. The molecule has 4 nitrogen and oxygen atoms in total. The third-order valence-electron chi connectivity index (χ3n) is 2.53. The van der Waals surface area contributed by atoms with Crippen LogP contribution in [0, 0.1) is 9.39 Å². The number of sulfonamides is 1. The van der Waals surface area contributed by atoms with Gasteiger partial charge in [-0.2, -0.15) is 0 Å². The average Bonchev–Trinajstić information content (AvgIpc) is 2.39. The Morgan fingerprint density at radius 2 is 1.80 bits per heavy atom. The Morgan fingerprint density at radius 3 is 2.35 bits per heavy atom. The van der Waals surface area contributed by atoms with Crippen molar-refractivity contribution >= 4 is 38.3 Å². The SMILES string of the molecule is COc1ccc(NS(=O)(=O)c2ccc(I)cc2)cc1F. The molecule has 0 saturated heterocycles. The first-order valence-corrected chi connectivity index (χ1v) is 8.10. The largest absolute Gasteiger partial charge is 0.494 e. The van der Waals surface area contributed by atoms with Crippen LogP contribution in [0.4, 0.5) is 10.1 Å². The average molecular weight is 407 g/mol. The molecule has 0 aliphatic carbocycles. The Balaban J connectivity index is 2.28. The molecule has 0 amide bonds. The number of methoxy groups -OCH3 is 1. The van der Waals surface area contributed by atoms with Crippen LogP contribution in [0.3, 0.4) is 0 Å². The molecule has 1 N–H and O–H groups in total. The highest BCUT2D eigenvalue weighted by molar-refractivity contribution is 14.1. The van der Waals surface area contributed by atoms with Gasteiger partial charge in [0, 0.05) is 9.64 Å². The lowest BCUT2D eigenvalue weighted by atomic mass is 10.3. The minimum atomic E-state index is -3.73. The molecule has 2 aromatic carbocycles. The summed E-state index contributed by atoms with van der Waals surface area (Å²) >= 11 is 2.08. The highest BCUT2D eigenvalue weighted by Gasteiger charge is 2.15. The van der Waals surface area contributed by atoms with Crippen LogP contribution in [-0.4, -0.2) is 15.5 Å². The molecule has 0 heterocycles. The number of hydrogen-bond acceptors (Lipinski definition) is 3. The normalized spacial score (nSPS) is 11.2. The van der Waals surface area contributed by atoms with Gasteiger partial charge in [-0.1, -0.05) is 0 Å². The van der Waals surface area contributed by atoms with E-state index >= 15 is 0 Å². The van der Waals surface area contributed by atoms with Gasteiger partial charge in [-0.05, 0) is 59.0 Å². The van der Waals surface area contributed by atoms with Crippen molar-refractivity contribution < 1.29 is 17.5 Å². The second-order valence-electron chi connectivity index (χ2n) is 3.91. The topological polar surface area (TPSA) is 55.4 Å². The number of hydrogen-bond donors (Lipinski definition) is 1. The van der Waals surface area contributed by atoms with Crippen molar-refractivity contribution in [1.82, 2.24) is 0 Å². The van der Waals surface area contributed by atoms with Crippen molar-refractivity contribution in [3.63, 3.8) is 0 Å². The minimum Gasteiger partial charge on any atom is -0.494 e. The first-order valence-electron chi connectivity index (χ1n) is 5.54. The van der Waals surface area contributed by atoms with Crippen molar-refractivity contribution in [2.75, 3.05) is 11.8 Å². The standard InChI is InChI=1S/C13H11FINO3S/c1-19-13-7-4-10(8-12(13)14)16-20(17,18)11-5-2-9(15)3-6-11/h2-8,16H,1H3. The smallest absolute Gasteiger partial charge is 0.261 e. The fourth-order valence-electron chi connectivity index (χ4n) is 1.56. The lowest BCUT2D eigenvalue weighted by Gasteiger charge is -2.09. The fourth-order valence-corrected chi connectivity index (χ4v) is 2.97. The van der Waals surface area contributed by atoms with Crippen LogP contribution in [0.25, 0.3) is 0 Å². The Labute approximate surface area is 130 Å². The fraction of sp³-hybridized carbons (Fsp3) is 0.0769. The van der Waals surface area contributed by atoms with E-state index in [-0.39, 0.29) is 16.3 Å². The van der Waals surface area contributed by atoms with Gasteiger partial charge in [0.2, 0.25) is 0 Å². The molecular formula is C13H11FINO3S. The molecule has 2 rings (SSSR count). The van der Waals surface area contributed by atoms with Gasteiger partial charge in [0.05, 0.1) is 17.7 Å². The zero-order valence-corrected chi connectivity index (χ0v) is 13.4. The lowest BCUT2D eigenvalue weighted by Crippen LogP contribution is -2.13. The van der Waals surface area contributed by atoms with E-state index in [9.17, 15) is 12.8 Å². The molecule has 0 aliphatic rings. The Bertz CT molecular complexity index is 717. The van der Waals surface area contributed by atoms with Gasteiger partial charge in [0.25, 0.3) is 10.0 Å². The van der Waals surface area contributed by atoms with Crippen molar-refractivity contribution in [2.45, 2.75) is 4.90 Å². The van der Waals surface area contributed by atoms with Crippen molar-refractivity contribution in [2.24, 2.45) is 0 Å². The molecule has 0 spiro atoms. The number of benzene rings is 2. The predicted octanol–water partition coefficient (Wildman–Crippen LogP) is 3.24. The highest BCUT2D eigenvalue weighted by Crippen LogP contribution is 2.23. The van der Waals surface area contributed by atoms with E-state index in [2.05, 4.69) is 27.3 Å². The van der Waals surface area contributed by atoms with Crippen LogP contribution in [0.2, 0.25) is 0 Å². The molecule has 0 atom stereocenters. The van der Waals surface area contributed by atoms with E-state index in [4.69, 9.17) is 4.74 Å². The van der Waals surface area contributed by atoms with Crippen LogP contribution in [-0.2, 0) is 10.0 Å². The summed E-state index contributed by atoms with van der Waals surface area (Å²) in [6.45, 7) is 0. The maximum atomic E-state index is 13.5. The number of ether oxygens (including phenoxy) is 1. The third-order valence-corrected chi connectivity index (χ3v) is 4.64. The molecule has 0 aromatic heterocycles. The molecular weight excluding hydrogens is 396 g/mol. The first-order chi connectivity index (χ1) is 9.42. The van der Waals surface area contributed by atoms with E-state index in [1.54, 1.807) is 12.1 Å². The minimum absolute atomic E-state index is 0.0576. The molecule has 0 bridgehead atoms. The molecule has 0 unspecified atom stereocenters. The Kier molecular flexibility index (Phi) is 4.48. The quantitative estimate of drug-likeness (QED) is 0.792. The first kappa shape index (κ1) is 15.0. The van der Waals surface area contributed by atoms with Gasteiger partial charge < -0.3 is 4.74 Å². The Hall–Kier alpha value is -1.35. The summed E-state index contributed by atoms with van der Waals surface area (Å²) in [7, 11) is -2.39. The van der Waals surface area contributed by atoms with Gasteiger partial charge in [0.15, 0.2) is 11.6 Å². The molecule has 0 saturated carbocycles. The maximum absolute atomic E-state index is 13.5. The molecule has 2 aromatic rings. The second kappa shape index (κ2) is 5.96. The van der Waals surface area contributed by atoms with Crippen molar-refractivity contribution in [1.29, 1.82) is 0 Å². The summed E-state index contributed by atoms with van der Waals surface area (Å²) in [6.07, 6.45) is 0. The molecule has 7 heteroatoms. The summed E-state index contributed by atoms with van der Waals surface area (Å²) in [6, 6.07) is 10.2. The number of anilines is 1. The van der Waals surface area contributed by atoms with Crippen molar-refractivity contribution in [3.8, 4) is 5.75 Å². The van der Waals surface area contributed by atoms with Crippen LogP contribution in [0.5, 0.6) is 5.75 Å². The van der Waals surface area contributed by atoms with Gasteiger partial charge in [-0.25, -0.2) is 12.8 Å². The molecule has 0 fully saturated rings.